The summed E-state index contributed by atoms with van der Waals surface area (Å²) >= 11 is 0. The Morgan fingerprint density at radius 3 is 1.91 bits per heavy atom. The van der Waals surface area contributed by atoms with Gasteiger partial charge in [-0.3, -0.25) is 33.6 Å². The van der Waals surface area contributed by atoms with Crippen molar-refractivity contribution in [2.24, 2.45) is 11.8 Å². The molecule has 1 heterocycles. The molecule has 1 fully saturated rings. The number of ether oxygens (including phenoxy) is 4. The van der Waals surface area contributed by atoms with E-state index < -0.39 is 144 Å². The second-order valence-corrected chi connectivity index (χ2v) is 17.5. The Morgan fingerprint density at radius 2 is 1.40 bits per heavy atom. The van der Waals surface area contributed by atoms with Crippen molar-refractivity contribution in [1.29, 1.82) is 0 Å². The minimum atomic E-state index is -1.86. The molecule has 0 saturated carbocycles. The van der Waals surface area contributed by atoms with Crippen LogP contribution in [0.5, 0.6) is 0 Å². The van der Waals surface area contributed by atoms with Gasteiger partial charge in [-0.25, -0.2) is 14.4 Å². The van der Waals surface area contributed by atoms with E-state index in [9.17, 15) is 53.1 Å². The molecule has 0 unspecified atom stereocenters. The van der Waals surface area contributed by atoms with Crippen LogP contribution in [-0.2, 0) is 73.3 Å². The van der Waals surface area contributed by atoms with E-state index in [2.05, 4.69) is 27.8 Å². The lowest BCUT2D eigenvalue weighted by Gasteiger charge is -2.38. The molecular weight excluding hydrogens is 891 g/mol. The molecule has 1 saturated heterocycles. The Labute approximate surface area is 397 Å². The second-order valence-electron chi connectivity index (χ2n) is 17.5. The molecule has 7 amide bonds. The molecule has 0 aromatic heterocycles. The predicted octanol–water partition coefficient (Wildman–Crippen LogP) is -0.649. The van der Waals surface area contributed by atoms with E-state index >= 15 is 0 Å². The third-order valence-electron chi connectivity index (χ3n) is 11.5. The number of carbonyl (C=O) groups is 10. The van der Waals surface area contributed by atoms with Crippen molar-refractivity contribution >= 4 is 59.3 Å². The number of carbonyl (C=O) groups excluding carboxylic acids is 10. The molecule has 22 heteroatoms. The number of esters is 3. The number of rotatable bonds is 12. The largest absolute Gasteiger partial charge is 0.458 e. The van der Waals surface area contributed by atoms with Gasteiger partial charge in [-0.05, 0) is 45.1 Å². The highest BCUT2D eigenvalue weighted by Gasteiger charge is 2.46. The van der Waals surface area contributed by atoms with Crippen molar-refractivity contribution in [2.45, 2.75) is 142 Å². The molecule has 5 N–H and O–H groups in total. The summed E-state index contributed by atoms with van der Waals surface area (Å²) in [6.07, 6.45) is -7.68. The van der Waals surface area contributed by atoms with Crippen molar-refractivity contribution < 1.29 is 72.0 Å². The Morgan fingerprint density at radius 1 is 0.809 bits per heavy atom. The van der Waals surface area contributed by atoms with Crippen LogP contribution in [0.2, 0.25) is 0 Å². The number of likely N-dealkylation sites (N-methyl/N-ethyl adjacent to an activating group) is 3. The maximum atomic E-state index is 14.9. The summed E-state index contributed by atoms with van der Waals surface area (Å²) in [6, 6.07) is -1.31. The lowest BCUT2D eigenvalue weighted by atomic mass is 9.95. The van der Waals surface area contributed by atoms with Crippen LogP contribution < -0.4 is 21.3 Å². The van der Waals surface area contributed by atoms with Crippen LogP contribution in [0, 0.1) is 11.8 Å². The number of aliphatic hydroxyl groups excluding tert-OH is 1. The first-order valence-corrected chi connectivity index (χ1v) is 22.1. The first kappa shape index (κ1) is 57.7. The SMILES string of the molecule is C=C1C(=O)N[C@@H](C)C(=O)N(C)[C@@H](C)C(=O)N[C@@H]([C@H](OC(=O)[C@@H](NC(C)=O)[C@H](O)C(C)C)C(C)C)C(=O)N(C)[C@@H]([C@@H](C)OC)C(=O)O[C@@H](C)[C@H](NC(C)=O)C(=O)O[C@H](Cc2ccccc2)C(=O)N1C. The molecule has 0 aliphatic carbocycles. The predicted molar refractivity (Wildman–Crippen MR) is 243 cm³/mol. The fourth-order valence-electron chi connectivity index (χ4n) is 7.04. The van der Waals surface area contributed by atoms with E-state index in [0.29, 0.717) is 5.56 Å². The Balaban J connectivity index is 2.89. The van der Waals surface area contributed by atoms with Crippen molar-refractivity contribution in [1.82, 2.24) is 36.0 Å². The molecule has 1 aromatic carbocycles. The standard InChI is InChI=1S/C46H69N7O15/c1-22(2)37(56)34(49-30(11)55)45(63)68-38(23(3)4)35-43(61)53(14)36(28(9)65-15)46(64)66-27(8)33(48-29(10)54)44(62)67-32(21-31-19-17-16-18-20-31)42(60)52(13)25(6)39(57)47-24(5)41(59)51(12)26(7)40(58)50-35/h16-20,22-24,26-28,32-38,56H,6,21H2,1-5,7-15H3,(H,47,57)(H,48,54)(H,49,55)(H,50,58)/t24-,26-,27-,28+,32+,33-,34-,35-,36-,37+,38+/m0/s1. The normalized spacial score (nSPS) is 25.2. The first-order chi connectivity index (χ1) is 31.6. The minimum Gasteiger partial charge on any atom is -0.458 e. The van der Waals surface area contributed by atoms with Gasteiger partial charge in [-0.2, -0.15) is 0 Å². The van der Waals surface area contributed by atoms with Gasteiger partial charge in [0.05, 0.1) is 12.2 Å². The quantitative estimate of drug-likeness (QED) is 0.0989. The Hall–Kier alpha value is -6.42. The van der Waals surface area contributed by atoms with E-state index in [1.54, 1.807) is 58.0 Å². The van der Waals surface area contributed by atoms with Gasteiger partial charge in [0, 0.05) is 48.5 Å². The molecule has 1 aliphatic rings. The zero-order valence-corrected chi connectivity index (χ0v) is 41.3. The number of hydrogen-bond acceptors (Lipinski definition) is 15. The molecule has 2 rings (SSSR count). The average molecular weight is 960 g/mol. The van der Waals surface area contributed by atoms with Crippen LogP contribution in [0.25, 0.3) is 0 Å². The highest BCUT2D eigenvalue weighted by atomic mass is 16.6. The number of nitrogens with one attached hydrogen (secondary N) is 4. The highest BCUT2D eigenvalue weighted by molar-refractivity contribution is 6.01. The van der Waals surface area contributed by atoms with Gasteiger partial charge in [0.1, 0.15) is 36.0 Å². The monoisotopic (exact) mass is 959 g/mol. The molecule has 0 bridgehead atoms. The van der Waals surface area contributed by atoms with Crippen LogP contribution in [0.1, 0.15) is 74.8 Å². The fourth-order valence-corrected chi connectivity index (χ4v) is 7.04. The second kappa shape index (κ2) is 25.6. The van der Waals surface area contributed by atoms with Gasteiger partial charge in [-0.1, -0.05) is 64.6 Å². The zero-order valence-electron chi connectivity index (χ0n) is 41.3. The molecule has 68 heavy (non-hydrogen) atoms. The summed E-state index contributed by atoms with van der Waals surface area (Å²) in [7, 11) is 4.83. The molecule has 11 atom stereocenters. The number of aliphatic hydroxyl groups is 1. The molecule has 1 aromatic rings. The zero-order chi connectivity index (χ0) is 52.1. The Kier molecular flexibility index (Phi) is 21.8. The summed E-state index contributed by atoms with van der Waals surface area (Å²) in [5.74, 6) is -11.2. The average Bonchev–Trinajstić information content (AvgIpc) is 3.27. The fraction of sp³-hybridized carbons (Fsp3) is 0.609. The summed E-state index contributed by atoms with van der Waals surface area (Å²) in [4.78, 5) is 140. The topological polar surface area (TPSA) is 286 Å². The summed E-state index contributed by atoms with van der Waals surface area (Å²) < 4.78 is 22.9. The van der Waals surface area contributed by atoms with E-state index in [1.165, 1.54) is 55.9 Å². The van der Waals surface area contributed by atoms with E-state index in [0.717, 1.165) is 28.5 Å². The van der Waals surface area contributed by atoms with E-state index in [4.69, 9.17) is 18.9 Å². The number of nitrogens with zero attached hydrogens (tertiary/aromatic N) is 3. The number of cyclic esters (lactones) is 2. The van der Waals surface area contributed by atoms with Gasteiger partial charge >= 0.3 is 17.9 Å². The minimum absolute atomic E-state index is 0.231. The lowest BCUT2D eigenvalue weighted by Crippen LogP contribution is -2.63. The third kappa shape index (κ3) is 15.3. The van der Waals surface area contributed by atoms with Crippen LogP contribution in [0.3, 0.4) is 0 Å². The van der Waals surface area contributed by atoms with Crippen molar-refractivity contribution in [3.05, 3.63) is 48.2 Å². The molecule has 0 radical (unpaired) electrons. The van der Waals surface area contributed by atoms with Crippen LogP contribution >= 0.6 is 0 Å². The number of benzene rings is 1. The van der Waals surface area contributed by atoms with Gasteiger partial charge in [0.15, 0.2) is 24.2 Å². The van der Waals surface area contributed by atoms with Crippen LogP contribution in [0.15, 0.2) is 42.6 Å². The van der Waals surface area contributed by atoms with Gasteiger partial charge < -0.3 is 60.0 Å². The smallest absolute Gasteiger partial charge is 0.333 e. The lowest BCUT2D eigenvalue weighted by molar-refractivity contribution is -0.174. The molecule has 1 aliphatic heterocycles. The Bertz CT molecular complexity index is 2030. The summed E-state index contributed by atoms with van der Waals surface area (Å²) in [5, 5.41) is 20.7. The maximum absolute atomic E-state index is 14.9. The van der Waals surface area contributed by atoms with Crippen LogP contribution in [-0.4, -0.2) is 174 Å². The van der Waals surface area contributed by atoms with Crippen molar-refractivity contribution in [3.8, 4) is 0 Å². The highest BCUT2D eigenvalue weighted by Crippen LogP contribution is 2.22. The molecule has 0 spiro atoms. The molecular formula is C46H69N7O15. The van der Waals surface area contributed by atoms with E-state index in [1.807, 2.05) is 0 Å². The molecule has 22 nitrogen and oxygen atoms in total. The molecule has 378 valence electrons. The van der Waals surface area contributed by atoms with Gasteiger partial charge in [0.2, 0.25) is 29.5 Å². The number of hydrogen-bond donors (Lipinski definition) is 5. The van der Waals surface area contributed by atoms with Gasteiger partial charge in [0.25, 0.3) is 11.8 Å². The van der Waals surface area contributed by atoms with Crippen LogP contribution in [0.4, 0.5) is 0 Å². The first-order valence-electron chi connectivity index (χ1n) is 22.1. The van der Waals surface area contributed by atoms with Crippen molar-refractivity contribution in [3.63, 3.8) is 0 Å². The van der Waals surface area contributed by atoms with E-state index in [-0.39, 0.29) is 6.42 Å². The summed E-state index contributed by atoms with van der Waals surface area (Å²) in [5.41, 5.74) is 0.0526. The number of methoxy groups -OCH3 is 1. The van der Waals surface area contributed by atoms with Gasteiger partial charge in [-0.15, -0.1) is 0 Å². The van der Waals surface area contributed by atoms with Crippen molar-refractivity contribution in [2.75, 3.05) is 28.3 Å². The third-order valence-corrected chi connectivity index (χ3v) is 11.5. The number of amides is 7. The summed E-state index contributed by atoms with van der Waals surface area (Å²) in [6.45, 7) is 17.5. The maximum Gasteiger partial charge on any atom is 0.333 e.